The first-order chi connectivity index (χ1) is 10.0. The predicted octanol–water partition coefficient (Wildman–Crippen LogP) is 0.679. The quantitative estimate of drug-likeness (QED) is 0.830. The summed E-state index contributed by atoms with van der Waals surface area (Å²) in [6, 6.07) is 4.96. The van der Waals surface area contributed by atoms with Gasteiger partial charge in [-0.05, 0) is 24.3 Å². The highest BCUT2D eigenvalue weighted by atomic mass is 32.2. The lowest BCUT2D eigenvalue weighted by Gasteiger charge is -2.30. The number of terminal acetylenes is 1. The Morgan fingerprint density at radius 2 is 2.05 bits per heavy atom. The van der Waals surface area contributed by atoms with Crippen LogP contribution in [0.3, 0.4) is 0 Å². The number of carbonyl (C=O) groups excluding carboxylic acids is 1. The largest absolute Gasteiger partial charge is 0.497 e. The Labute approximate surface area is 123 Å². The first kappa shape index (κ1) is 14.9. The van der Waals surface area contributed by atoms with Crippen LogP contribution in [0.4, 0.5) is 0 Å². The molecule has 1 aliphatic rings. The Morgan fingerprint density at radius 3 is 2.62 bits per heavy atom. The van der Waals surface area contributed by atoms with E-state index < -0.39 is 22.0 Å². The zero-order valence-electron chi connectivity index (χ0n) is 11.3. The van der Waals surface area contributed by atoms with E-state index in [0.29, 0.717) is 5.75 Å². The molecule has 21 heavy (non-hydrogen) atoms. The average molecular weight is 306 g/mol. The van der Waals surface area contributed by atoms with E-state index in [9.17, 15) is 13.2 Å². The number of benzene rings is 1. The highest BCUT2D eigenvalue weighted by Crippen LogP contribution is 2.23. The molecular formula is C14H14N2O4S. The monoisotopic (exact) mass is 306 g/mol. The molecule has 1 atom stereocenters. The van der Waals surface area contributed by atoms with Gasteiger partial charge in [-0.3, -0.25) is 9.10 Å². The molecule has 2 rings (SSSR count). The molecule has 1 aromatic carbocycles. The van der Waals surface area contributed by atoms with Gasteiger partial charge in [-0.15, -0.1) is 12.3 Å². The van der Waals surface area contributed by atoms with E-state index in [-0.39, 0.29) is 11.3 Å². The summed E-state index contributed by atoms with van der Waals surface area (Å²) in [6.45, 7) is 0. The summed E-state index contributed by atoms with van der Waals surface area (Å²) in [5, 5.41) is 2.45. The molecule has 0 spiro atoms. The molecule has 6 nitrogen and oxygen atoms in total. The number of nitrogens with one attached hydrogen (secondary N) is 1. The number of hydrogen-bond donors (Lipinski definition) is 1. The van der Waals surface area contributed by atoms with Crippen LogP contribution in [0.25, 0.3) is 0 Å². The molecule has 1 heterocycles. The SMILES string of the molecule is C#CC[C@@H]1C(=O)NC=CN1S(=O)(=O)c1ccc(OC)cc1. The summed E-state index contributed by atoms with van der Waals surface area (Å²) >= 11 is 0. The number of carbonyl (C=O) groups is 1. The number of sulfonamides is 1. The van der Waals surface area contributed by atoms with Crippen LogP contribution in [0.5, 0.6) is 5.75 Å². The van der Waals surface area contributed by atoms with E-state index in [0.717, 1.165) is 4.31 Å². The van der Waals surface area contributed by atoms with Crippen molar-refractivity contribution >= 4 is 15.9 Å². The minimum absolute atomic E-state index is 0.00837. The van der Waals surface area contributed by atoms with E-state index in [1.54, 1.807) is 0 Å². The molecular weight excluding hydrogens is 292 g/mol. The van der Waals surface area contributed by atoms with E-state index in [2.05, 4.69) is 11.2 Å². The van der Waals surface area contributed by atoms with E-state index in [1.807, 2.05) is 0 Å². The van der Waals surface area contributed by atoms with Crippen molar-refractivity contribution in [2.24, 2.45) is 0 Å². The number of methoxy groups -OCH3 is 1. The molecule has 0 fully saturated rings. The Kier molecular flexibility index (Phi) is 4.19. The van der Waals surface area contributed by atoms with Gasteiger partial charge in [0.05, 0.1) is 12.0 Å². The maximum atomic E-state index is 12.6. The van der Waals surface area contributed by atoms with Gasteiger partial charge in [-0.2, -0.15) is 0 Å². The van der Waals surface area contributed by atoms with Crippen molar-refractivity contribution < 1.29 is 17.9 Å². The van der Waals surface area contributed by atoms with Crippen LogP contribution in [0.2, 0.25) is 0 Å². The van der Waals surface area contributed by atoms with Crippen LogP contribution in [0.15, 0.2) is 41.6 Å². The second kappa shape index (κ2) is 5.89. The van der Waals surface area contributed by atoms with Gasteiger partial charge in [0.25, 0.3) is 10.0 Å². The Balaban J connectivity index is 2.41. The van der Waals surface area contributed by atoms with Gasteiger partial charge in [-0.1, -0.05) is 0 Å². The van der Waals surface area contributed by atoms with Crippen LogP contribution >= 0.6 is 0 Å². The van der Waals surface area contributed by atoms with E-state index >= 15 is 0 Å². The topological polar surface area (TPSA) is 75.7 Å². The zero-order valence-corrected chi connectivity index (χ0v) is 12.1. The van der Waals surface area contributed by atoms with Gasteiger partial charge in [0.2, 0.25) is 5.91 Å². The molecule has 1 aromatic rings. The second-order valence-corrected chi connectivity index (χ2v) is 6.10. The van der Waals surface area contributed by atoms with Crippen molar-refractivity contribution in [2.75, 3.05) is 7.11 Å². The minimum Gasteiger partial charge on any atom is -0.497 e. The lowest BCUT2D eigenvalue weighted by Crippen LogP contribution is -2.48. The lowest BCUT2D eigenvalue weighted by atomic mass is 10.2. The molecule has 0 saturated heterocycles. The van der Waals surface area contributed by atoms with Crippen molar-refractivity contribution in [3.63, 3.8) is 0 Å². The van der Waals surface area contributed by atoms with Gasteiger partial charge < -0.3 is 10.1 Å². The van der Waals surface area contributed by atoms with Crippen LogP contribution in [0, 0.1) is 12.3 Å². The highest BCUT2D eigenvalue weighted by molar-refractivity contribution is 7.89. The Morgan fingerprint density at radius 1 is 1.38 bits per heavy atom. The van der Waals surface area contributed by atoms with Gasteiger partial charge >= 0.3 is 0 Å². The van der Waals surface area contributed by atoms with Crippen molar-refractivity contribution in [1.82, 2.24) is 9.62 Å². The first-order valence-electron chi connectivity index (χ1n) is 6.09. The summed E-state index contributed by atoms with van der Waals surface area (Å²) < 4.78 is 31.2. The first-order valence-corrected chi connectivity index (χ1v) is 7.53. The molecule has 0 radical (unpaired) electrons. The summed E-state index contributed by atoms with van der Waals surface area (Å²) in [5.74, 6) is 2.41. The molecule has 0 bridgehead atoms. The van der Waals surface area contributed by atoms with Crippen LogP contribution in [-0.2, 0) is 14.8 Å². The highest BCUT2D eigenvalue weighted by Gasteiger charge is 2.34. The smallest absolute Gasteiger partial charge is 0.264 e. The third-order valence-electron chi connectivity index (χ3n) is 3.00. The van der Waals surface area contributed by atoms with Crippen LogP contribution in [-0.4, -0.2) is 31.8 Å². The van der Waals surface area contributed by atoms with Crippen molar-refractivity contribution in [3.05, 3.63) is 36.7 Å². The number of amides is 1. The molecule has 1 N–H and O–H groups in total. The van der Waals surface area contributed by atoms with Crippen molar-refractivity contribution in [3.8, 4) is 18.1 Å². The fraction of sp³-hybridized carbons (Fsp3) is 0.214. The predicted molar refractivity (Wildman–Crippen MR) is 76.5 cm³/mol. The maximum Gasteiger partial charge on any atom is 0.264 e. The fourth-order valence-corrected chi connectivity index (χ4v) is 3.37. The average Bonchev–Trinajstić information content (AvgIpc) is 2.49. The molecule has 110 valence electrons. The lowest BCUT2D eigenvalue weighted by molar-refractivity contribution is -0.123. The van der Waals surface area contributed by atoms with E-state index in [4.69, 9.17) is 11.2 Å². The standard InChI is InChI=1S/C14H14N2O4S/c1-3-4-13-14(17)15-9-10-16(13)21(18,19)12-7-5-11(20-2)6-8-12/h1,5-10,13H,4H2,2H3,(H,15,17)/t13-/m1/s1. The molecule has 7 heteroatoms. The zero-order chi connectivity index (χ0) is 15.5. The molecule has 1 amide bonds. The third-order valence-corrected chi connectivity index (χ3v) is 4.80. The van der Waals surface area contributed by atoms with E-state index in [1.165, 1.54) is 43.8 Å². The van der Waals surface area contributed by atoms with Gasteiger partial charge in [0.1, 0.15) is 11.8 Å². The van der Waals surface area contributed by atoms with Gasteiger partial charge in [0, 0.05) is 18.8 Å². The third kappa shape index (κ3) is 2.85. The van der Waals surface area contributed by atoms with Gasteiger partial charge in [-0.25, -0.2) is 8.42 Å². The fourth-order valence-electron chi connectivity index (χ4n) is 1.92. The molecule has 0 aliphatic carbocycles. The van der Waals surface area contributed by atoms with Crippen molar-refractivity contribution in [2.45, 2.75) is 17.4 Å². The number of ether oxygens (including phenoxy) is 1. The summed E-state index contributed by atoms with van der Waals surface area (Å²) in [7, 11) is -2.37. The molecule has 0 unspecified atom stereocenters. The Hall–Kier alpha value is -2.46. The number of nitrogens with zero attached hydrogens (tertiary/aromatic N) is 1. The second-order valence-electron chi connectivity index (χ2n) is 4.26. The maximum absolute atomic E-state index is 12.6. The Bertz CT molecular complexity index is 701. The number of hydrogen-bond acceptors (Lipinski definition) is 4. The molecule has 0 aromatic heterocycles. The molecule has 1 aliphatic heterocycles. The van der Waals surface area contributed by atoms with Crippen LogP contribution < -0.4 is 10.1 Å². The van der Waals surface area contributed by atoms with Crippen LogP contribution in [0.1, 0.15) is 6.42 Å². The minimum atomic E-state index is -3.86. The summed E-state index contributed by atoms with van der Waals surface area (Å²) in [5.41, 5.74) is 0. The van der Waals surface area contributed by atoms with Gasteiger partial charge in [0.15, 0.2) is 0 Å². The van der Waals surface area contributed by atoms with Crippen molar-refractivity contribution in [1.29, 1.82) is 0 Å². The molecule has 0 saturated carbocycles. The summed E-state index contributed by atoms with van der Waals surface area (Å²) in [6.07, 6.45) is 7.77. The summed E-state index contributed by atoms with van der Waals surface area (Å²) in [4.78, 5) is 11.8. The normalized spacial score (nSPS) is 18.0. The number of rotatable bonds is 4.